The molecule has 0 unspecified atom stereocenters. The zero-order chi connectivity index (χ0) is 20.4. The summed E-state index contributed by atoms with van der Waals surface area (Å²) in [5.41, 5.74) is 3.08. The molecule has 0 fully saturated rings. The Balaban J connectivity index is 1.84. The van der Waals surface area contributed by atoms with Crippen molar-refractivity contribution >= 4 is 5.96 Å². The lowest BCUT2D eigenvalue weighted by atomic mass is 10.2. The molecular formula is C20H29F2N5O. The van der Waals surface area contributed by atoms with E-state index in [9.17, 15) is 8.78 Å². The largest absolute Gasteiger partial charge is 0.488 e. The molecule has 0 aliphatic heterocycles. The monoisotopic (exact) mass is 393 g/mol. The number of rotatable bonds is 10. The lowest BCUT2D eigenvalue weighted by molar-refractivity contribution is 0.0818. The lowest BCUT2D eigenvalue weighted by Crippen LogP contribution is -2.38. The van der Waals surface area contributed by atoms with Gasteiger partial charge in [-0.3, -0.25) is 4.68 Å². The van der Waals surface area contributed by atoms with Gasteiger partial charge in [0.25, 0.3) is 6.43 Å². The molecule has 0 aliphatic carbocycles. The van der Waals surface area contributed by atoms with E-state index in [0.29, 0.717) is 12.3 Å². The van der Waals surface area contributed by atoms with E-state index in [1.807, 2.05) is 24.6 Å². The van der Waals surface area contributed by atoms with E-state index in [1.165, 1.54) is 0 Å². The summed E-state index contributed by atoms with van der Waals surface area (Å²) in [4.78, 5) is 4.55. The first-order valence-electron chi connectivity index (χ1n) is 9.51. The molecule has 8 heteroatoms. The number of alkyl halides is 2. The van der Waals surface area contributed by atoms with Gasteiger partial charge in [-0.15, -0.1) is 0 Å². The number of guanidine groups is 1. The summed E-state index contributed by atoms with van der Waals surface area (Å²) in [5.74, 6) is 1.14. The Morgan fingerprint density at radius 1 is 1.25 bits per heavy atom. The van der Waals surface area contributed by atoms with Crippen LogP contribution in [0.1, 0.15) is 30.3 Å². The van der Waals surface area contributed by atoms with Gasteiger partial charge in [0, 0.05) is 25.3 Å². The maximum atomic E-state index is 12.3. The predicted octanol–water partition coefficient (Wildman–Crippen LogP) is 3.29. The van der Waals surface area contributed by atoms with Crippen molar-refractivity contribution in [3.05, 3.63) is 47.3 Å². The molecule has 0 amide bonds. The fourth-order valence-electron chi connectivity index (χ4n) is 2.74. The summed E-state index contributed by atoms with van der Waals surface area (Å²) in [6.45, 7) is 8.23. The second-order valence-electron chi connectivity index (χ2n) is 6.48. The van der Waals surface area contributed by atoms with Gasteiger partial charge in [0.05, 0.1) is 12.2 Å². The topological polar surface area (TPSA) is 63.5 Å². The van der Waals surface area contributed by atoms with Crippen LogP contribution in [0.25, 0.3) is 0 Å². The molecule has 0 aliphatic rings. The highest BCUT2D eigenvalue weighted by Gasteiger charge is 2.05. The molecule has 0 bridgehead atoms. The second kappa shape index (κ2) is 11.3. The minimum atomic E-state index is -2.49. The molecule has 0 spiro atoms. The molecule has 6 nitrogen and oxygen atoms in total. The van der Waals surface area contributed by atoms with Crippen LogP contribution in [0.5, 0.6) is 5.75 Å². The summed E-state index contributed by atoms with van der Waals surface area (Å²) in [6.07, 6.45) is -1.57. The Kier molecular flexibility index (Phi) is 8.71. The first-order chi connectivity index (χ1) is 13.5. The zero-order valence-corrected chi connectivity index (χ0v) is 16.7. The molecule has 28 heavy (non-hydrogen) atoms. The Morgan fingerprint density at radius 3 is 2.75 bits per heavy atom. The van der Waals surface area contributed by atoms with Crippen molar-refractivity contribution in [1.29, 1.82) is 0 Å². The predicted molar refractivity (Wildman–Crippen MR) is 107 cm³/mol. The average molecular weight is 393 g/mol. The number of hydrogen-bond acceptors (Lipinski definition) is 3. The highest BCUT2D eigenvalue weighted by atomic mass is 19.3. The number of aliphatic imine (C=N–C) groups is 1. The van der Waals surface area contributed by atoms with Crippen LogP contribution in [-0.4, -0.2) is 41.9 Å². The molecule has 2 N–H and O–H groups in total. The second-order valence-corrected chi connectivity index (χ2v) is 6.48. The molecule has 0 atom stereocenters. The van der Waals surface area contributed by atoms with Gasteiger partial charge in [-0.1, -0.05) is 12.1 Å². The Labute approximate surface area is 165 Å². The Hall–Kier alpha value is -2.64. The van der Waals surface area contributed by atoms with E-state index < -0.39 is 13.0 Å². The maximum absolute atomic E-state index is 12.3. The van der Waals surface area contributed by atoms with Crippen molar-refractivity contribution < 1.29 is 13.5 Å². The van der Waals surface area contributed by atoms with Crippen LogP contribution in [0.4, 0.5) is 8.78 Å². The number of nitrogens with zero attached hydrogens (tertiary/aromatic N) is 3. The van der Waals surface area contributed by atoms with Crippen molar-refractivity contribution in [2.45, 2.75) is 46.7 Å². The van der Waals surface area contributed by atoms with Gasteiger partial charge in [0.1, 0.15) is 12.4 Å². The van der Waals surface area contributed by atoms with Gasteiger partial charge in [0.15, 0.2) is 5.96 Å². The van der Waals surface area contributed by atoms with E-state index in [2.05, 4.69) is 33.7 Å². The summed E-state index contributed by atoms with van der Waals surface area (Å²) >= 11 is 0. The quantitative estimate of drug-likeness (QED) is 0.369. The highest BCUT2D eigenvalue weighted by molar-refractivity contribution is 5.79. The molecule has 1 aromatic carbocycles. The van der Waals surface area contributed by atoms with Crippen molar-refractivity contribution in [3.63, 3.8) is 0 Å². The Bertz CT molecular complexity index is 761. The summed E-state index contributed by atoms with van der Waals surface area (Å²) in [7, 11) is 0. The molecule has 1 aromatic heterocycles. The third-order valence-corrected chi connectivity index (χ3v) is 3.98. The molecule has 0 saturated carbocycles. The molecule has 2 aromatic rings. The molecule has 2 rings (SSSR count). The van der Waals surface area contributed by atoms with Crippen molar-refractivity contribution in [2.24, 2.45) is 4.99 Å². The third-order valence-electron chi connectivity index (χ3n) is 3.98. The smallest absolute Gasteiger partial charge is 0.272 e. The van der Waals surface area contributed by atoms with Gasteiger partial charge in [-0.2, -0.15) is 5.10 Å². The van der Waals surface area contributed by atoms with Gasteiger partial charge in [0.2, 0.25) is 0 Å². The van der Waals surface area contributed by atoms with E-state index in [4.69, 9.17) is 4.74 Å². The molecule has 1 heterocycles. The molecule has 0 radical (unpaired) electrons. The van der Waals surface area contributed by atoms with Crippen LogP contribution in [0.3, 0.4) is 0 Å². The summed E-state index contributed by atoms with van der Waals surface area (Å²) in [5, 5.41) is 11.0. The summed E-state index contributed by atoms with van der Waals surface area (Å²) in [6, 6.07) is 9.14. The summed E-state index contributed by atoms with van der Waals surface area (Å²) < 4.78 is 31.6. The van der Waals surface area contributed by atoms with E-state index in [1.54, 1.807) is 18.2 Å². The van der Waals surface area contributed by atoms with Crippen molar-refractivity contribution in [3.8, 4) is 5.75 Å². The van der Waals surface area contributed by atoms with E-state index >= 15 is 0 Å². The third kappa shape index (κ3) is 7.54. The van der Waals surface area contributed by atoms with Crippen LogP contribution in [0.2, 0.25) is 0 Å². The minimum Gasteiger partial charge on any atom is -0.488 e. The number of aromatic nitrogens is 2. The van der Waals surface area contributed by atoms with Gasteiger partial charge < -0.3 is 15.4 Å². The van der Waals surface area contributed by atoms with E-state index in [-0.39, 0.29) is 0 Å². The van der Waals surface area contributed by atoms with Crippen LogP contribution in [-0.2, 0) is 13.1 Å². The van der Waals surface area contributed by atoms with Crippen LogP contribution in [0.15, 0.2) is 35.3 Å². The van der Waals surface area contributed by atoms with Crippen LogP contribution < -0.4 is 15.4 Å². The number of nitrogens with one attached hydrogen (secondary N) is 2. The molecular weight excluding hydrogens is 364 g/mol. The van der Waals surface area contributed by atoms with Crippen LogP contribution in [0, 0.1) is 13.8 Å². The van der Waals surface area contributed by atoms with Crippen molar-refractivity contribution in [1.82, 2.24) is 20.4 Å². The first-order valence-corrected chi connectivity index (χ1v) is 9.51. The van der Waals surface area contributed by atoms with Gasteiger partial charge in [-0.25, -0.2) is 13.8 Å². The SMILES string of the molecule is CCNC(=NCc1cccc(OCC(F)F)c1)NCCCn1nc(C)cc1C. The normalized spacial score (nSPS) is 11.7. The van der Waals surface area contributed by atoms with Gasteiger partial charge in [-0.05, 0) is 51.0 Å². The van der Waals surface area contributed by atoms with Crippen molar-refractivity contribution in [2.75, 3.05) is 19.7 Å². The highest BCUT2D eigenvalue weighted by Crippen LogP contribution is 2.15. The minimum absolute atomic E-state index is 0.427. The molecule has 0 saturated heterocycles. The fraction of sp³-hybridized carbons (Fsp3) is 0.500. The fourth-order valence-corrected chi connectivity index (χ4v) is 2.74. The zero-order valence-electron chi connectivity index (χ0n) is 16.7. The number of hydrogen-bond donors (Lipinski definition) is 2. The number of halogens is 2. The maximum Gasteiger partial charge on any atom is 0.272 e. The molecule has 154 valence electrons. The van der Waals surface area contributed by atoms with Crippen LogP contribution >= 0.6 is 0 Å². The van der Waals surface area contributed by atoms with Gasteiger partial charge >= 0.3 is 0 Å². The lowest BCUT2D eigenvalue weighted by Gasteiger charge is -2.12. The Morgan fingerprint density at radius 2 is 2.07 bits per heavy atom. The number of aryl methyl sites for hydroxylation is 3. The number of ether oxygens (including phenoxy) is 1. The standard InChI is InChI=1S/C20H29F2N5O/c1-4-23-20(24-9-6-10-27-16(3)11-15(2)26-27)25-13-17-7-5-8-18(12-17)28-14-19(21)22/h5,7-8,11-12,19H,4,6,9-10,13-14H2,1-3H3,(H2,23,24,25). The number of benzene rings is 1. The van der Waals surface area contributed by atoms with E-state index in [0.717, 1.165) is 49.0 Å². The first kappa shape index (κ1) is 21.7. The average Bonchev–Trinajstić information content (AvgIpc) is 2.99.